The zero-order chi connectivity index (χ0) is 25.8. The van der Waals surface area contributed by atoms with Crippen LogP contribution in [0.3, 0.4) is 0 Å². The van der Waals surface area contributed by atoms with Gasteiger partial charge in [0.25, 0.3) is 5.56 Å². The van der Waals surface area contributed by atoms with Gasteiger partial charge in [0.1, 0.15) is 11.5 Å². The molecule has 6 atom stereocenters. The van der Waals surface area contributed by atoms with E-state index in [1.807, 2.05) is 28.8 Å². The molecule has 7 rings (SSSR count). The maximum Gasteiger partial charge on any atom is 0.278 e. The van der Waals surface area contributed by atoms with Crippen molar-refractivity contribution in [2.24, 2.45) is 11.8 Å². The second-order valence-electron chi connectivity index (χ2n) is 12.2. The molecule has 1 aromatic carbocycles. The van der Waals surface area contributed by atoms with E-state index in [4.69, 9.17) is 9.72 Å². The molecule has 2 aliphatic carbocycles. The van der Waals surface area contributed by atoms with Gasteiger partial charge in [0.05, 0.1) is 29.9 Å². The van der Waals surface area contributed by atoms with Gasteiger partial charge in [0.2, 0.25) is 5.88 Å². The van der Waals surface area contributed by atoms with Crippen molar-refractivity contribution in [3.63, 3.8) is 0 Å². The summed E-state index contributed by atoms with van der Waals surface area (Å²) in [6.07, 6.45) is 15.2. The first-order chi connectivity index (χ1) is 18.6. The smallest absolute Gasteiger partial charge is 0.278 e. The van der Waals surface area contributed by atoms with E-state index in [1.54, 1.807) is 0 Å². The predicted molar refractivity (Wildman–Crippen MR) is 146 cm³/mol. The molecular formula is C31H37FN4O2. The number of hydrogen-bond acceptors (Lipinski definition) is 5. The number of fused-ring (bicyclic) bond motifs is 5. The fraction of sp³-hybridized carbons (Fsp3) is 0.581. The van der Waals surface area contributed by atoms with Crippen LogP contribution in [-0.2, 0) is 0 Å². The Morgan fingerprint density at radius 3 is 2.34 bits per heavy atom. The molecule has 38 heavy (non-hydrogen) atoms. The third kappa shape index (κ3) is 4.14. The number of piperidine rings is 2. The van der Waals surface area contributed by atoms with Gasteiger partial charge in [-0.15, -0.1) is 0 Å². The molecule has 0 amide bonds. The van der Waals surface area contributed by atoms with E-state index in [9.17, 15) is 9.18 Å². The van der Waals surface area contributed by atoms with Crippen LogP contribution in [0.1, 0.15) is 76.7 Å². The number of rotatable bonds is 4. The number of aromatic nitrogens is 3. The van der Waals surface area contributed by atoms with E-state index in [1.165, 1.54) is 71.0 Å². The summed E-state index contributed by atoms with van der Waals surface area (Å²) in [7, 11) is 1.49. The van der Waals surface area contributed by atoms with Crippen LogP contribution < -0.4 is 10.3 Å². The third-order valence-electron chi connectivity index (χ3n) is 9.96. The molecule has 2 unspecified atom stereocenters. The minimum Gasteiger partial charge on any atom is -0.481 e. The van der Waals surface area contributed by atoms with Crippen molar-refractivity contribution in [2.45, 2.75) is 94.8 Å². The highest BCUT2D eigenvalue weighted by atomic mass is 19.1. The van der Waals surface area contributed by atoms with Gasteiger partial charge in [-0.1, -0.05) is 37.8 Å². The summed E-state index contributed by atoms with van der Waals surface area (Å²) in [6.45, 7) is 0. The second kappa shape index (κ2) is 9.74. The molecule has 2 aromatic heterocycles. The summed E-state index contributed by atoms with van der Waals surface area (Å²) in [6, 6.07) is 11.0. The standard InChI is InChI=1S/C31H37FN4O2/c1-38-30-26(15-21(32)18-33-30)29-31(37)36(28-11-3-2-10-27(28)34-29)25-16-22-8-5-9-23(17-25)35(22)24-13-19-6-4-7-20(12-19)14-24/h2-3,10-11,15,18-20,22-25H,4-9,12-14,16-17H2,1H3/t19-,20+,22-,23+,24?,25?. The summed E-state index contributed by atoms with van der Waals surface area (Å²) in [5.74, 6) is 1.53. The van der Waals surface area contributed by atoms with Crippen LogP contribution in [0.2, 0.25) is 0 Å². The van der Waals surface area contributed by atoms with E-state index < -0.39 is 5.82 Å². The van der Waals surface area contributed by atoms with Crippen molar-refractivity contribution < 1.29 is 9.13 Å². The average molecular weight is 517 g/mol. The first-order valence-corrected chi connectivity index (χ1v) is 14.6. The fourth-order valence-corrected chi connectivity index (χ4v) is 8.59. The molecule has 4 heterocycles. The Bertz CT molecular complexity index is 1380. The highest BCUT2D eigenvalue weighted by Gasteiger charge is 2.45. The normalized spacial score (nSPS) is 31.3. The molecule has 200 valence electrons. The Hall–Kier alpha value is -2.80. The molecule has 0 spiro atoms. The van der Waals surface area contributed by atoms with Crippen molar-refractivity contribution in [2.75, 3.05) is 7.11 Å². The summed E-state index contributed by atoms with van der Waals surface area (Å²) >= 11 is 0. The van der Waals surface area contributed by atoms with Gasteiger partial charge >= 0.3 is 0 Å². The van der Waals surface area contributed by atoms with E-state index in [0.29, 0.717) is 23.7 Å². The van der Waals surface area contributed by atoms with Gasteiger partial charge < -0.3 is 9.30 Å². The molecule has 4 fully saturated rings. The Morgan fingerprint density at radius 2 is 1.61 bits per heavy atom. The average Bonchev–Trinajstić information content (AvgIpc) is 2.92. The summed E-state index contributed by atoms with van der Waals surface area (Å²) in [5, 5.41) is 0. The van der Waals surface area contributed by atoms with Gasteiger partial charge in [-0.2, -0.15) is 0 Å². The lowest BCUT2D eigenvalue weighted by Crippen LogP contribution is -2.58. The molecule has 2 saturated carbocycles. The quantitative estimate of drug-likeness (QED) is 0.417. The van der Waals surface area contributed by atoms with Crippen molar-refractivity contribution >= 4 is 11.0 Å². The lowest BCUT2D eigenvalue weighted by atomic mass is 9.68. The number of halogens is 1. The molecule has 0 N–H and O–H groups in total. The van der Waals surface area contributed by atoms with Crippen molar-refractivity contribution in [1.29, 1.82) is 0 Å². The Balaban J connectivity index is 1.28. The summed E-state index contributed by atoms with van der Waals surface area (Å²) in [5.41, 5.74) is 1.93. The first-order valence-electron chi connectivity index (χ1n) is 14.6. The summed E-state index contributed by atoms with van der Waals surface area (Å²) < 4.78 is 21.7. The van der Waals surface area contributed by atoms with E-state index >= 15 is 0 Å². The molecule has 4 bridgehead atoms. The van der Waals surface area contributed by atoms with E-state index in [-0.39, 0.29) is 23.2 Å². The maximum absolute atomic E-state index is 14.3. The minimum atomic E-state index is -0.512. The van der Waals surface area contributed by atoms with Crippen LogP contribution in [0.4, 0.5) is 4.39 Å². The van der Waals surface area contributed by atoms with Crippen LogP contribution in [0.15, 0.2) is 41.3 Å². The Labute approximate surface area is 223 Å². The molecule has 2 aliphatic heterocycles. The third-order valence-corrected chi connectivity index (χ3v) is 9.96. The minimum absolute atomic E-state index is 0.0938. The van der Waals surface area contributed by atoms with Crippen LogP contribution in [0.25, 0.3) is 22.3 Å². The zero-order valence-corrected chi connectivity index (χ0v) is 22.2. The van der Waals surface area contributed by atoms with Crippen LogP contribution in [0, 0.1) is 17.7 Å². The van der Waals surface area contributed by atoms with E-state index in [2.05, 4.69) is 9.88 Å². The lowest BCUT2D eigenvalue weighted by molar-refractivity contribution is -0.0485. The molecule has 3 aromatic rings. The van der Waals surface area contributed by atoms with Gasteiger partial charge in [0.15, 0.2) is 0 Å². The molecule has 4 aliphatic rings. The Kier molecular flexibility index (Phi) is 6.22. The first kappa shape index (κ1) is 24.3. The maximum atomic E-state index is 14.3. The van der Waals surface area contributed by atoms with Crippen molar-refractivity contribution in [3.8, 4) is 17.1 Å². The summed E-state index contributed by atoms with van der Waals surface area (Å²) in [4.78, 5) is 25.9. The number of hydrogen-bond donors (Lipinski definition) is 0. The molecule has 2 saturated heterocycles. The SMILES string of the molecule is COc1ncc(F)cc1-c1nc2ccccc2n(C2C[C@H]3CCC[C@@H](C2)N3C2C[C@H]3CCC[C@@H](C2)C3)c1=O. The van der Waals surface area contributed by atoms with Crippen molar-refractivity contribution in [1.82, 2.24) is 19.4 Å². The number of para-hydroxylation sites is 2. The van der Waals surface area contributed by atoms with Crippen LogP contribution in [0.5, 0.6) is 5.88 Å². The van der Waals surface area contributed by atoms with Crippen molar-refractivity contribution in [3.05, 3.63) is 52.7 Å². The molecule has 0 radical (unpaired) electrons. The highest BCUT2D eigenvalue weighted by Crippen LogP contribution is 2.47. The number of nitrogens with zero attached hydrogens (tertiary/aromatic N) is 4. The second-order valence-corrected chi connectivity index (χ2v) is 12.2. The number of ether oxygens (including phenoxy) is 1. The number of pyridine rings is 1. The van der Waals surface area contributed by atoms with Gasteiger partial charge in [-0.05, 0) is 75.0 Å². The predicted octanol–water partition coefficient (Wildman–Crippen LogP) is 6.13. The van der Waals surface area contributed by atoms with Gasteiger partial charge in [0, 0.05) is 24.2 Å². The van der Waals surface area contributed by atoms with Gasteiger partial charge in [-0.3, -0.25) is 9.69 Å². The molecule has 6 nitrogen and oxygen atoms in total. The lowest BCUT2D eigenvalue weighted by Gasteiger charge is -2.55. The fourth-order valence-electron chi connectivity index (χ4n) is 8.59. The highest BCUT2D eigenvalue weighted by molar-refractivity contribution is 5.78. The van der Waals surface area contributed by atoms with Crippen LogP contribution in [-0.4, -0.2) is 44.7 Å². The number of methoxy groups -OCH3 is 1. The Morgan fingerprint density at radius 1 is 0.895 bits per heavy atom. The van der Waals surface area contributed by atoms with Crippen LogP contribution >= 0.6 is 0 Å². The number of benzene rings is 1. The van der Waals surface area contributed by atoms with E-state index in [0.717, 1.165) is 41.9 Å². The van der Waals surface area contributed by atoms with Gasteiger partial charge in [-0.25, -0.2) is 14.4 Å². The molecular weight excluding hydrogens is 479 g/mol. The molecule has 7 heteroatoms. The zero-order valence-electron chi connectivity index (χ0n) is 22.2. The monoisotopic (exact) mass is 516 g/mol. The largest absolute Gasteiger partial charge is 0.481 e. The topological polar surface area (TPSA) is 60.3 Å².